The Bertz CT molecular complexity index is 420. The Labute approximate surface area is 79.8 Å². The summed E-state index contributed by atoms with van der Waals surface area (Å²) in [6.45, 7) is 2.19. The fraction of sp³-hybridized carbons (Fsp3) is 0.500. The maximum atomic E-state index is 11.3. The fourth-order valence-electron chi connectivity index (χ4n) is 1.77. The summed E-state index contributed by atoms with van der Waals surface area (Å²) in [6, 6.07) is -0.229. The summed E-state index contributed by atoms with van der Waals surface area (Å²) in [6.07, 6.45) is -0.415. The summed E-state index contributed by atoms with van der Waals surface area (Å²) >= 11 is 0. The first-order valence-corrected chi connectivity index (χ1v) is 4.29. The average molecular weight is 197 g/mol. The zero-order chi connectivity index (χ0) is 10.3. The van der Waals surface area contributed by atoms with Gasteiger partial charge in [0.25, 0.3) is 5.56 Å². The average Bonchev–Trinajstić information content (AvgIpc) is 2.68. The first-order chi connectivity index (χ1) is 6.65. The predicted molar refractivity (Wildman–Crippen MR) is 47.8 cm³/mol. The van der Waals surface area contributed by atoms with Crippen LogP contribution in [0.4, 0.5) is 4.79 Å². The van der Waals surface area contributed by atoms with E-state index in [1.54, 1.807) is 6.92 Å². The van der Waals surface area contributed by atoms with E-state index in [-0.39, 0.29) is 11.6 Å². The van der Waals surface area contributed by atoms with Crippen molar-refractivity contribution >= 4 is 6.09 Å². The molecule has 2 heterocycles. The van der Waals surface area contributed by atoms with Gasteiger partial charge in [-0.15, -0.1) is 0 Å². The minimum absolute atomic E-state index is 0.168. The van der Waals surface area contributed by atoms with Crippen molar-refractivity contribution in [3.8, 4) is 0 Å². The zero-order valence-corrected chi connectivity index (χ0v) is 7.96. The van der Waals surface area contributed by atoms with Gasteiger partial charge in [-0.3, -0.25) is 14.8 Å². The van der Waals surface area contributed by atoms with Crippen LogP contribution in [0.25, 0.3) is 0 Å². The molecule has 1 unspecified atom stereocenters. The van der Waals surface area contributed by atoms with Gasteiger partial charge in [-0.25, -0.2) is 4.79 Å². The lowest BCUT2D eigenvalue weighted by Crippen LogP contribution is -2.29. The summed E-state index contributed by atoms with van der Waals surface area (Å²) in [5.41, 5.74) is 1.21. The van der Waals surface area contributed by atoms with Gasteiger partial charge < -0.3 is 9.84 Å². The van der Waals surface area contributed by atoms with Gasteiger partial charge >= 0.3 is 6.09 Å². The molecule has 1 amide bonds. The summed E-state index contributed by atoms with van der Waals surface area (Å²) in [5, 5.41) is 5.23. The molecule has 0 aromatic carbocycles. The van der Waals surface area contributed by atoms with Crippen molar-refractivity contribution in [2.75, 3.05) is 7.11 Å². The molecule has 1 aliphatic heterocycles. The van der Waals surface area contributed by atoms with Gasteiger partial charge in [0.1, 0.15) is 0 Å². The second-order valence-electron chi connectivity index (χ2n) is 3.25. The van der Waals surface area contributed by atoms with Gasteiger partial charge in [-0.1, -0.05) is 0 Å². The molecular weight excluding hydrogens is 186 g/mol. The second kappa shape index (κ2) is 2.90. The van der Waals surface area contributed by atoms with Gasteiger partial charge in [0, 0.05) is 0 Å². The Hall–Kier alpha value is -1.72. The van der Waals surface area contributed by atoms with Crippen molar-refractivity contribution in [1.29, 1.82) is 0 Å². The molecule has 1 atom stereocenters. The number of ether oxygens (including phenoxy) is 1. The van der Waals surface area contributed by atoms with Crippen LogP contribution in [0.3, 0.4) is 0 Å². The second-order valence-corrected chi connectivity index (χ2v) is 3.25. The number of methoxy groups -OCH3 is 1. The molecule has 6 nitrogen and oxygen atoms in total. The molecule has 2 rings (SSSR count). The van der Waals surface area contributed by atoms with Gasteiger partial charge in [0.15, 0.2) is 0 Å². The van der Waals surface area contributed by atoms with E-state index in [0.29, 0.717) is 12.1 Å². The summed E-state index contributed by atoms with van der Waals surface area (Å²) in [4.78, 5) is 24.1. The van der Waals surface area contributed by atoms with Crippen LogP contribution in [0.15, 0.2) is 4.79 Å². The number of hydrogen-bond acceptors (Lipinski definition) is 3. The van der Waals surface area contributed by atoms with Crippen molar-refractivity contribution < 1.29 is 9.53 Å². The number of amides is 1. The van der Waals surface area contributed by atoms with Crippen LogP contribution < -0.4 is 5.56 Å². The predicted octanol–water partition coefficient (Wildman–Crippen LogP) is 0.346. The van der Waals surface area contributed by atoms with Crippen LogP contribution >= 0.6 is 0 Å². The lowest BCUT2D eigenvalue weighted by Gasteiger charge is -2.19. The molecule has 0 saturated heterocycles. The minimum atomic E-state index is -0.415. The monoisotopic (exact) mass is 197 g/mol. The number of rotatable bonds is 0. The molecule has 1 aromatic heterocycles. The third-order valence-electron chi connectivity index (χ3n) is 2.52. The molecule has 2 N–H and O–H groups in total. The minimum Gasteiger partial charge on any atom is -0.453 e. The number of aromatic amines is 2. The van der Waals surface area contributed by atoms with Crippen molar-refractivity contribution in [3.05, 3.63) is 21.6 Å². The summed E-state index contributed by atoms with van der Waals surface area (Å²) < 4.78 is 4.61. The third-order valence-corrected chi connectivity index (χ3v) is 2.52. The highest BCUT2D eigenvalue weighted by atomic mass is 16.5. The number of nitrogens with zero attached hydrogens (tertiary/aromatic N) is 1. The van der Waals surface area contributed by atoms with Crippen LogP contribution in [0.5, 0.6) is 0 Å². The van der Waals surface area contributed by atoms with E-state index >= 15 is 0 Å². The molecule has 1 aliphatic rings. The molecule has 0 radical (unpaired) electrons. The van der Waals surface area contributed by atoms with Gasteiger partial charge in [0.05, 0.1) is 31.0 Å². The lowest BCUT2D eigenvalue weighted by atomic mass is 10.2. The van der Waals surface area contributed by atoms with Crippen LogP contribution in [0.1, 0.15) is 24.2 Å². The van der Waals surface area contributed by atoms with E-state index in [9.17, 15) is 9.59 Å². The number of carbonyl (C=O) groups excluding carboxylic acids is 1. The quantitative estimate of drug-likeness (QED) is 0.629. The number of fused-ring (bicyclic) bond motifs is 1. The van der Waals surface area contributed by atoms with Crippen molar-refractivity contribution in [3.63, 3.8) is 0 Å². The Kier molecular flexibility index (Phi) is 1.83. The Morgan fingerprint density at radius 1 is 1.57 bits per heavy atom. The van der Waals surface area contributed by atoms with Crippen molar-refractivity contribution in [1.82, 2.24) is 15.1 Å². The fourth-order valence-corrected chi connectivity index (χ4v) is 1.77. The first kappa shape index (κ1) is 8.86. The maximum Gasteiger partial charge on any atom is 0.410 e. The highest BCUT2D eigenvalue weighted by Gasteiger charge is 2.34. The number of H-pyrrole nitrogens is 2. The maximum absolute atomic E-state index is 11.3. The van der Waals surface area contributed by atoms with Crippen molar-refractivity contribution in [2.45, 2.75) is 19.5 Å². The molecular formula is C8H11N3O3. The summed E-state index contributed by atoms with van der Waals surface area (Å²) in [7, 11) is 1.33. The molecule has 6 heteroatoms. The Morgan fingerprint density at radius 2 is 2.29 bits per heavy atom. The van der Waals surface area contributed by atoms with Gasteiger partial charge in [-0.05, 0) is 6.92 Å². The Morgan fingerprint density at radius 3 is 2.86 bits per heavy atom. The molecule has 0 saturated carbocycles. The first-order valence-electron chi connectivity index (χ1n) is 4.29. The van der Waals surface area contributed by atoms with E-state index in [1.807, 2.05) is 0 Å². The van der Waals surface area contributed by atoms with E-state index in [0.717, 1.165) is 5.69 Å². The number of carbonyl (C=O) groups is 1. The molecule has 1 aromatic rings. The van der Waals surface area contributed by atoms with Crippen LogP contribution in [-0.2, 0) is 11.3 Å². The van der Waals surface area contributed by atoms with Crippen LogP contribution in [0, 0.1) is 0 Å². The molecule has 0 aliphatic carbocycles. The lowest BCUT2D eigenvalue weighted by molar-refractivity contribution is 0.111. The Balaban J connectivity index is 2.35. The van der Waals surface area contributed by atoms with Crippen LogP contribution in [-0.4, -0.2) is 28.3 Å². The van der Waals surface area contributed by atoms with E-state index < -0.39 is 6.09 Å². The van der Waals surface area contributed by atoms with Gasteiger partial charge in [0.2, 0.25) is 0 Å². The number of nitrogens with one attached hydrogen (secondary N) is 2. The SMILES string of the molecule is COC(=O)N1Cc2[nH][nH]c(=O)c2C1C. The molecule has 14 heavy (non-hydrogen) atoms. The number of aromatic nitrogens is 2. The van der Waals surface area contributed by atoms with Crippen LogP contribution in [0.2, 0.25) is 0 Å². The van der Waals surface area contributed by atoms with E-state index in [1.165, 1.54) is 12.0 Å². The molecule has 0 spiro atoms. The summed E-state index contributed by atoms with van der Waals surface area (Å²) in [5.74, 6) is 0. The molecule has 0 bridgehead atoms. The van der Waals surface area contributed by atoms with E-state index in [2.05, 4.69) is 14.9 Å². The number of hydrogen-bond donors (Lipinski definition) is 2. The van der Waals surface area contributed by atoms with Gasteiger partial charge in [-0.2, -0.15) is 0 Å². The third kappa shape index (κ3) is 1.03. The topological polar surface area (TPSA) is 78.2 Å². The van der Waals surface area contributed by atoms with E-state index in [4.69, 9.17) is 0 Å². The standard InChI is InChI=1S/C8H11N3O3/c1-4-6-5(9-10-7(6)12)3-11(4)8(13)14-2/h4H,3H2,1-2H3,(H2,9,10,12). The largest absolute Gasteiger partial charge is 0.453 e. The molecule has 0 fully saturated rings. The smallest absolute Gasteiger partial charge is 0.410 e. The molecule has 76 valence electrons. The zero-order valence-electron chi connectivity index (χ0n) is 7.96. The highest BCUT2D eigenvalue weighted by molar-refractivity contribution is 5.69. The highest BCUT2D eigenvalue weighted by Crippen LogP contribution is 2.29. The normalized spacial score (nSPS) is 19.6. The van der Waals surface area contributed by atoms with Crippen molar-refractivity contribution in [2.24, 2.45) is 0 Å².